The lowest BCUT2D eigenvalue weighted by atomic mass is 10.0. The molecular weight excluding hydrogens is 193 g/mol. The van der Waals surface area contributed by atoms with Crippen LogP contribution in [-0.2, 0) is 9.45 Å². The van der Waals surface area contributed by atoms with Crippen molar-refractivity contribution in [2.24, 2.45) is 0 Å². The van der Waals surface area contributed by atoms with Gasteiger partial charge in [0.25, 0.3) is 0 Å². The summed E-state index contributed by atoms with van der Waals surface area (Å²) >= 11 is 0. The van der Waals surface area contributed by atoms with E-state index in [-0.39, 0.29) is 5.91 Å². The second-order valence-corrected chi connectivity index (χ2v) is 3.33. The van der Waals surface area contributed by atoms with E-state index in [1.807, 2.05) is 19.1 Å². The lowest BCUT2D eigenvalue weighted by Crippen LogP contribution is -2.22. The van der Waals surface area contributed by atoms with Gasteiger partial charge in [0.2, 0.25) is 5.91 Å². The van der Waals surface area contributed by atoms with Crippen molar-refractivity contribution in [1.82, 2.24) is 5.32 Å². The minimum absolute atomic E-state index is 0.0399. The molecule has 81 valence electrons. The van der Waals surface area contributed by atoms with Crippen LogP contribution in [-0.4, -0.2) is 25.2 Å². The standard InChI is InChI=1S/C10H15BNO3/c1-2-10(13)12-9-5-3-8(4-6-9)7-15-11-14/h3,5,14H,2,4,6-7H2,1H3,(H,12,13). The quantitative estimate of drug-likeness (QED) is 0.652. The van der Waals surface area contributed by atoms with Crippen LogP contribution in [0.25, 0.3) is 0 Å². The van der Waals surface area contributed by atoms with Crippen molar-refractivity contribution < 1.29 is 14.5 Å². The fourth-order valence-corrected chi connectivity index (χ4v) is 1.32. The molecule has 1 aliphatic rings. The van der Waals surface area contributed by atoms with Gasteiger partial charge < -0.3 is 15.0 Å². The molecule has 2 N–H and O–H groups in total. The van der Waals surface area contributed by atoms with Crippen LogP contribution in [0.4, 0.5) is 0 Å². The van der Waals surface area contributed by atoms with E-state index in [1.165, 1.54) is 0 Å². The maximum atomic E-state index is 11.1. The summed E-state index contributed by atoms with van der Waals surface area (Å²) in [7, 11) is 0.693. The fraction of sp³-hybridized carbons (Fsp3) is 0.500. The largest absolute Gasteiger partial charge is 0.485 e. The van der Waals surface area contributed by atoms with Crippen molar-refractivity contribution in [3.8, 4) is 0 Å². The highest BCUT2D eigenvalue weighted by molar-refractivity contribution is 6.15. The van der Waals surface area contributed by atoms with Crippen molar-refractivity contribution in [1.29, 1.82) is 0 Å². The number of nitrogens with one attached hydrogen (secondary N) is 1. The zero-order valence-electron chi connectivity index (χ0n) is 8.82. The minimum atomic E-state index is 0.0399. The van der Waals surface area contributed by atoms with Crippen molar-refractivity contribution in [2.45, 2.75) is 26.2 Å². The molecule has 0 aromatic heterocycles. The number of hydrogen-bond donors (Lipinski definition) is 2. The Balaban J connectivity index is 2.41. The first-order valence-electron chi connectivity index (χ1n) is 5.02. The van der Waals surface area contributed by atoms with Crippen LogP contribution in [0, 0.1) is 0 Å². The molecule has 0 saturated carbocycles. The van der Waals surface area contributed by atoms with E-state index in [9.17, 15) is 4.79 Å². The van der Waals surface area contributed by atoms with Crippen LogP contribution in [0.3, 0.4) is 0 Å². The molecule has 1 aliphatic carbocycles. The third-order valence-corrected chi connectivity index (χ3v) is 2.20. The summed E-state index contributed by atoms with van der Waals surface area (Å²) in [6.07, 6.45) is 5.96. The van der Waals surface area contributed by atoms with E-state index < -0.39 is 0 Å². The van der Waals surface area contributed by atoms with E-state index in [0.717, 1.165) is 24.1 Å². The Hall–Kier alpha value is -1.07. The average Bonchev–Trinajstić information content (AvgIpc) is 2.28. The highest BCUT2D eigenvalue weighted by Gasteiger charge is 2.08. The monoisotopic (exact) mass is 208 g/mol. The Morgan fingerprint density at radius 2 is 2.40 bits per heavy atom. The van der Waals surface area contributed by atoms with Crippen molar-refractivity contribution in [3.63, 3.8) is 0 Å². The van der Waals surface area contributed by atoms with E-state index in [1.54, 1.807) is 0 Å². The molecule has 0 aromatic carbocycles. The van der Waals surface area contributed by atoms with Crippen molar-refractivity contribution in [3.05, 3.63) is 23.4 Å². The second-order valence-electron chi connectivity index (χ2n) is 3.33. The molecule has 15 heavy (non-hydrogen) atoms. The normalized spacial score (nSPS) is 15.3. The molecule has 5 heteroatoms. The third-order valence-electron chi connectivity index (χ3n) is 2.20. The lowest BCUT2D eigenvalue weighted by Gasteiger charge is -2.15. The molecular formula is C10H15BNO3. The summed E-state index contributed by atoms with van der Waals surface area (Å²) in [4.78, 5) is 11.1. The van der Waals surface area contributed by atoms with Crippen LogP contribution in [0.5, 0.6) is 0 Å². The smallest absolute Gasteiger partial charge is 0.429 e. The van der Waals surface area contributed by atoms with Crippen molar-refractivity contribution >= 4 is 13.6 Å². The number of allylic oxidation sites excluding steroid dienone is 3. The topological polar surface area (TPSA) is 58.6 Å². The predicted molar refractivity (Wildman–Crippen MR) is 57.8 cm³/mol. The number of rotatable bonds is 5. The molecule has 1 amide bonds. The third kappa shape index (κ3) is 4.31. The summed E-state index contributed by atoms with van der Waals surface area (Å²) in [5, 5.41) is 11.2. The van der Waals surface area contributed by atoms with E-state index >= 15 is 0 Å². The Morgan fingerprint density at radius 1 is 1.60 bits per heavy atom. The van der Waals surface area contributed by atoms with Gasteiger partial charge >= 0.3 is 7.69 Å². The molecule has 4 nitrogen and oxygen atoms in total. The summed E-state index contributed by atoms with van der Waals surface area (Å²) in [6.45, 7) is 2.23. The Morgan fingerprint density at radius 3 is 2.93 bits per heavy atom. The Kier molecular flexibility index (Phi) is 5.14. The molecule has 0 saturated heterocycles. The Bertz CT molecular complexity index is 286. The van der Waals surface area contributed by atoms with Crippen LogP contribution in [0.15, 0.2) is 23.4 Å². The summed E-state index contributed by atoms with van der Waals surface area (Å²) in [5.74, 6) is 0.0399. The molecule has 0 fully saturated rings. The maximum absolute atomic E-state index is 11.1. The van der Waals surface area contributed by atoms with Gasteiger partial charge in [0.05, 0.1) is 6.61 Å². The van der Waals surface area contributed by atoms with Gasteiger partial charge in [-0.2, -0.15) is 0 Å². The van der Waals surface area contributed by atoms with Crippen LogP contribution < -0.4 is 5.32 Å². The zero-order valence-corrected chi connectivity index (χ0v) is 8.82. The highest BCUT2D eigenvalue weighted by Crippen LogP contribution is 2.16. The van der Waals surface area contributed by atoms with Gasteiger partial charge in [-0.25, -0.2) is 0 Å². The molecule has 0 aromatic rings. The first-order valence-corrected chi connectivity index (χ1v) is 5.02. The number of amides is 1. The van der Waals surface area contributed by atoms with Crippen molar-refractivity contribution in [2.75, 3.05) is 6.61 Å². The van der Waals surface area contributed by atoms with Crippen LogP contribution in [0.1, 0.15) is 26.2 Å². The van der Waals surface area contributed by atoms with Gasteiger partial charge in [-0.1, -0.05) is 13.0 Å². The molecule has 0 unspecified atom stereocenters. The minimum Gasteiger partial charge on any atom is -0.429 e. The van der Waals surface area contributed by atoms with Crippen LogP contribution >= 0.6 is 0 Å². The Labute approximate surface area is 90.3 Å². The van der Waals surface area contributed by atoms with Gasteiger partial charge in [0.15, 0.2) is 0 Å². The molecule has 0 atom stereocenters. The average molecular weight is 208 g/mol. The summed E-state index contributed by atoms with van der Waals surface area (Å²) in [6, 6.07) is 0. The fourth-order valence-electron chi connectivity index (χ4n) is 1.32. The molecule has 0 bridgehead atoms. The van der Waals surface area contributed by atoms with E-state index in [4.69, 9.17) is 9.68 Å². The van der Waals surface area contributed by atoms with Gasteiger partial charge in [-0.05, 0) is 24.5 Å². The van der Waals surface area contributed by atoms with E-state index in [2.05, 4.69) is 5.32 Å². The molecule has 1 rings (SSSR count). The summed E-state index contributed by atoms with van der Waals surface area (Å²) < 4.78 is 4.76. The number of carbonyl (C=O) groups excluding carboxylic acids is 1. The number of hydrogen-bond acceptors (Lipinski definition) is 3. The molecule has 0 aliphatic heterocycles. The number of carbonyl (C=O) groups is 1. The maximum Gasteiger partial charge on any atom is 0.485 e. The van der Waals surface area contributed by atoms with Gasteiger partial charge in [0, 0.05) is 12.1 Å². The summed E-state index contributed by atoms with van der Waals surface area (Å²) in [5.41, 5.74) is 2.05. The second kappa shape index (κ2) is 6.42. The predicted octanol–water partition coefficient (Wildman–Crippen LogP) is 0.660. The zero-order chi connectivity index (χ0) is 11.1. The van der Waals surface area contributed by atoms with Gasteiger partial charge in [-0.15, -0.1) is 0 Å². The van der Waals surface area contributed by atoms with E-state index in [0.29, 0.717) is 20.7 Å². The van der Waals surface area contributed by atoms with Gasteiger partial charge in [-0.3, -0.25) is 4.79 Å². The first-order chi connectivity index (χ1) is 7.26. The highest BCUT2D eigenvalue weighted by atomic mass is 16.5. The first kappa shape index (κ1) is 12.0. The van der Waals surface area contributed by atoms with Gasteiger partial charge in [0.1, 0.15) is 0 Å². The SMILES string of the molecule is CCC(=O)NC1=CC=C(CO[B]O)CC1. The molecule has 0 heterocycles. The molecule has 1 radical (unpaired) electrons. The molecule has 0 spiro atoms. The lowest BCUT2D eigenvalue weighted by molar-refractivity contribution is -0.120. The van der Waals surface area contributed by atoms with Crippen LogP contribution in [0.2, 0.25) is 0 Å².